The summed E-state index contributed by atoms with van der Waals surface area (Å²) >= 11 is 0. The van der Waals surface area contributed by atoms with Crippen molar-refractivity contribution in [2.24, 2.45) is 0 Å². The zero-order chi connectivity index (χ0) is 15.5. The highest BCUT2D eigenvalue weighted by Crippen LogP contribution is 2.27. The smallest absolute Gasteiger partial charge is 0.180 e. The molecule has 2 rings (SSSR count). The normalized spacial score (nSPS) is 17.0. The lowest BCUT2D eigenvalue weighted by molar-refractivity contribution is 0.257. The second kappa shape index (κ2) is 6.79. The first-order valence-corrected chi connectivity index (χ1v) is 9.38. The van der Waals surface area contributed by atoms with Crippen LogP contribution in [0.2, 0.25) is 0 Å². The average molecular weight is 310 g/mol. The van der Waals surface area contributed by atoms with E-state index in [1.54, 1.807) is 12.1 Å². The lowest BCUT2D eigenvalue weighted by atomic mass is 10.2. The van der Waals surface area contributed by atoms with Crippen LogP contribution in [0.1, 0.15) is 33.1 Å². The van der Waals surface area contributed by atoms with Gasteiger partial charge in [0, 0.05) is 18.6 Å². The molecule has 1 N–H and O–H groups in total. The number of sulfone groups is 1. The Labute approximate surface area is 128 Å². The predicted molar refractivity (Wildman–Crippen MR) is 87.5 cm³/mol. The van der Waals surface area contributed by atoms with Crippen molar-refractivity contribution in [2.75, 3.05) is 24.7 Å². The van der Waals surface area contributed by atoms with Crippen molar-refractivity contribution in [2.45, 2.75) is 50.1 Å². The minimum Gasteiger partial charge on any atom is -0.382 e. The summed E-state index contributed by atoms with van der Waals surface area (Å²) in [6.45, 7) is 4.82. The molecule has 5 heteroatoms. The summed E-state index contributed by atoms with van der Waals surface area (Å²) in [4.78, 5) is 2.80. The van der Waals surface area contributed by atoms with E-state index in [0.29, 0.717) is 23.4 Å². The molecule has 0 amide bonds. The summed E-state index contributed by atoms with van der Waals surface area (Å²) in [5.74, 6) is 0.198. The van der Waals surface area contributed by atoms with E-state index in [1.165, 1.54) is 12.8 Å². The van der Waals surface area contributed by atoms with E-state index in [9.17, 15) is 8.42 Å². The number of para-hydroxylation sites is 1. The summed E-state index contributed by atoms with van der Waals surface area (Å²) in [5, 5.41) is 3.32. The molecule has 4 nitrogen and oxygen atoms in total. The topological polar surface area (TPSA) is 49.4 Å². The first-order chi connectivity index (χ1) is 9.95. The van der Waals surface area contributed by atoms with Crippen molar-refractivity contribution < 1.29 is 8.42 Å². The third kappa shape index (κ3) is 4.20. The van der Waals surface area contributed by atoms with Crippen LogP contribution in [0.4, 0.5) is 5.69 Å². The number of hydrogen-bond donors (Lipinski definition) is 1. The molecule has 1 aliphatic carbocycles. The molecule has 1 aromatic rings. The molecular weight excluding hydrogens is 284 g/mol. The Balaban J connectivity index is 2.06. The Hall–Kier alpha value is -1.07. The molecule has 1 unspecified atom stereocenters. The van der Waals surface area contributed by atoms with Crippen LogP contribution in [0.25, 0.3) is 0 Å². The maximum atomic E-state index is 12.3. The van der Waals surface area contributed by atoms with Crippen molar-refractivity contribution in [1.29, 1.82) is 0 Å². The minimum absolute atomic E-state index is 0.198. The molecule has 1 aromatic carbocycles. The zero-order valence-electron chi connectivity index (χ0n) is 13.2. The van der Waals surface area contributed by atoms with Crippen LogP contribution in [0, 0.1) is 0 Å². The van der Waals surface area contributed by atoms with Gasteiger partial charge in [-0.25, -0.2) is 8.42 Å². The van der Waals surface area contributed by atoms with E-state index in [0.717, 1.165) is 12.2 Å². The maximum Gasteiger partial charge on any atom is 0.180 e. The largest absolute Gasteiger partial charge is 0.382 e. The number of rotatable bonds is 8. The molecular formula is C16H26N2O2S. The fourth-order valence-electron chi connectivity index (χ4n) is 2.51. The second-order valence-corrected chi connectivity index (χ2v) is 8.02. The lowest BCUT2D eigenvalue weighted by Crippen LogP contribution is -2.36. The highest BCUT2D eigenvalue weighted by Gasteiger charge is 2.29. The summed E-state index contributed by atoms with van der Waals surface area (Å²) < 4.78 is 24.6. The van der Waals surface area contributed by atoms with Crippen LogP contribution in [-0.4, -0.2) is 44.7 Å². The molecule has 0 aromatic heterocycles. The quantitative estimate of drug-likeness (QED) is 0.802. The fraction of sp³-hybridized carbons (Fsp3) is 0.625. The maximum absolute atomic E-state index is 12.3. The molecule has 1 saturated carbocycles. The van der Waals surface area contributed by atoms with E-state index in [-0.39, 0.29) is 5.75 Å². The summed E-state index contributed by atoms with van der Waals surface area (Å²) in [6, 6.07) is 8.31. The molecule has 1 atom stereocenters. The Morgan fingerprint density at radius 3 is 2.62 bits per heavy atom. The van der Waals surface area contributed by atoms with Crippen molar-refractivity contribution >= 4 is 15.5 Å². The lowest BCUT2D eigenvalue weighted by Gasteiger charge is -2.25. The van der Waals surface area contributed by atoms with Crippen LogP contribution >= 0.6 is 0 Å². The van der Waals surface area contributed by atoms with Crippen LogP contribution in [0.5, 0.6) is 0 Å². The van der Waals surface area contributed by atoms with Gasteiger partial charge in [-0.15, -0.1) is 0 Å². The van der Waals surface area contributed by atoms with Gasteiger partial charge in [0.15, 0.2) is 9.84 Å². The second-order valence-electron chi connectivity index (χ2n) is 5.94. The summed E-state index contributed by atoms with van der Waals surface area (Å²) in [7, 11) is -1.05. The monoisotopic (exact) mass is 310 g/mol. The number of anilines is 1. The third-order valence-electron chi connectivity index (χ3n) is 4.10. The zero-order valence-corrected chi connectivity index (χ0v) is 14.0. The number of nitrogens with one attached hydrogen (secondary N) is 1. The van der Waals surface area contributed by atoms with Crippen molar-refractivity contribution in [3.63, 3.8) is 0 Å². The Kier molecular flexibility index (Phi) is 5.27. The first kappa shape index (κ1) is 16.3. The number of benzene rings is 1. The standard InChI is InChI=1S/C16H26N2O2S/c1-4-11-21(19,20)16-8-6-5-7-15(16)17-12-13(2)18(3)14-9-10-14/h5-8,13-14,17H,4,9-12H2,1-3H3. The Morgan fingerprint density at radius 2 is 2.00 bits per heavy atom. The highest BCUT2D eigenvalue weighted by molar-refractivity contribution is 7.91. The van der Waals surface area contributed by atoms with Gasteiger partial charge in [0.25, 0.3) is 0 Å². The van der Waals surface area contributed by atoms with E-state index in [1.807, 2.05) is 19.1 Å². The molecule has 0 radical (unpaired) electrons. The van der Waals surface area contributed by atoms with Gasteiger partial charge in [0.2, 0.25) is 0 Å². The Morgan fingerprint density at radius 1 is 1.33 bits per heavy atom. The van der Waals surface area contributed by atoms with Gasteiger partial charge in [-0.1, -0.05) is 19.1 Å². The van der Waals surface area contributed by atoms with Crippen LogP contribution < -0.4 is 5.32 Å². The molecule has 1 aliphatic rings. The molecule has 118 valence electrons. The van der Waals surface area contributed by atoms with E-state index < -0.39 is 9.84 Å². The number of nitrogens with zero attached hydrogens (tertiary/aromatic N) is 1. The first-order valence-electron chi connectivity index (χ1n) is 7.73. The molecule has 0 aliphatic heterocycles. The van der Waals surface area contributed by atoms with Crippen molar-refractivity contribution in [3.8, 4) is 0 Å². The van der Waals surface area contributed by atoms with E-state index >= 15 is 0 Å². The van der Waals surface area contributed by atoms with Crippen molar-refractivity contribution in [1.82, 2.24) is 4.90 Å². The number of hydrogen-bond acceptors (Lipinski definition) is 4. The third-order valence-corrected chi connectivity index (χ3v) is 6.07. The number of likely N-dealkylation sites (N-methyl/N-ethyl adjacent to an activating group) is 1. The molecule has 1 fully saturated rings. The van der Waals surface area contributed by atoms with Gasteiger partial charge >= 0.3 is 0 Å². The fourth-order valence-corrected chi connectivity index (χ4v) is 4.02. The molecule has 0 saturated heterocycles. The highest BCUT2D eigenvalue weighted by atomic mass is 32.2. The molecule has 21 heavy (non-hydrogen) atoms. The minimum atomic E-state index is -3.19. The van der Waals surface area contributed by atoms with Gasteiger partial charge in [0.05, 0.1) is 16.3 Å². The molecule has 0 spiro atoms. The van der Waals surface area contributed by atoms with E-state index in [2.05, 4.69) is 24.2 Å². The summed E-state index contributed by atoms with van der Waals surface area (Å²) in [5.41, 5.74) is 0.724. The van der Waals surface area contributed by atoms with Gasteiger partial charge in [-0.3, -0.25) is 4.90 Å². The summed E-state index contributed by atoms with van der Waals surface area (Å²) in [6.07, 6.45) is 3.20. The van der Waals surface area contributed by atoms with Gasteiger partial charge < -0.3 is 5.32 Å². The van der Waals surface area contributed by atoms with Crippen LogP contribution in [0.3, 0.4) is 0 Å². The predicted octanol–water partition coefficient (Wildman–Crippen LogP) is 2.76. The molecule has 0 heterocycles. The Bertz CT molecular complexity index is 567. The van der Waals surface area contributed by atoms with Gasteiger partial charge in [0.1, 0.15) is 0 Å². The van der Waals surface area contributed by atoms with Crippen molar-refractivity contribution in [3.05, 3.63) is 24.3 Å². The van der Waals surface area contributed by atoms with Gasteiger partial charge in [-0.05, 0) is 45.4 Å². The SMILES string of the molecule is CCCS(=O)(=O)c1ccccc1NCC(C)N(C)C1CC1. The van der Waals surface area contributed by atoms with E-state index in [4.69, 9.17) is 0 Å². The molecule has 0 bridgehead atoms. The average Bonchev–Trinajstić information content (AvgIpc) is 3.28. The van der Waals surface area contributed by atoms with Crippen LogP contribution in [0.15, 0.2) is 29.2 Å². The van der Waals surface area contributed by atoms with Crippen LogP contribution in [-0.2, 0) is 9.84 Å². The van der Waals surface area contributed by atoms with Gasteiger partial charge in [-0.2, -0.15) is 0 Å².